The summed E-state index contributed by atoms with van der Waals surface area (Å²) in [5, 5.41) is 24.8. The first kappa shape index (κ1) is 15.5. The first-order chi connectivity index (χ1) is 11.9. The Hall–Kier alpha value is -3.06. The fraction of sp³-hybridized carbons (Fsp3) is 0.222. The number of aliphatic hydroxyl groups is 1. The Bertz CT molecular complexity index is 939. The number of non-ortho nitro benzene ring substituents is 1. The molecule has 0 aromatic heterocycles. The van der Waals surface area contributed by atoms with Crippen LogP contribution >= 0.6 is 0 Å². The van der Waals surface area contributed by atoms with Crippen LogP contribution in [0.3, 0.4) is 0 Å². The summed E-state index contributed by atoms with van der Waals surface area (Å²) >= 11 is 0. The molecule has 1 aliphatic heterocycles. The van der Waals surface area contributed by atoms with Gasteiger partial charge in [0, 0.05) is 28.9 Å². The van der Waals surface area contributed by atoms with Crippen LogP contribution in [0.15, 0.2) is 42.5 Å². The van der Waals surface area contributed by atoms with Crippen LogP contribution in [0.2, 0.25) is 0 Å². The molecule has 126 valence electrons. The van der Waals surface area contributed by atoms with Gasteiger partial charge in [-0.2, -0.15) is 0 Å². The largest absolute Gasteiger partial charge is 0.375 e. The van der Waals surface area contributed by atoms with Crippen molar-refractivity contribution in [3.8, 4) is 0 Å². The molecule has 0 bridgehead atoms. The van der Waals surface area contributed by atoms with Gasteiger partial charge in [0.15, 0.2) is 11.4 Å². The number of nitro groups is 1. The van der Waals surface area contributed by atoms with Gasteiger partial charge in [-0.15, -0.1) is 0 Å². The zero-order valence-electron chi connectivity index (χ0n) is 13.1. The summed E-state index contributed by atoms with van der Waals surface area (Å²) in [4.78, 5) is 35.9. The number of Topliss-reactive ketones (excluding diaryl/α,β-unsaturated/α-hetero) is 1. The fourth-order valence-electron chi connectivity index (χ4n) is 3.75. The van der Waals surface area contributed by atoms with Gasteiger partial charge in [0.05, 0.1) is 10.8 Å². The molecule has 2 aromatic carbocycles. The normalized spacial score (nSPS) is 24.4. The van der Waals surface area contributed by atoms with E-state index in [4.69, 9.17) is 0 Å². The van der Waals surface area contributed by atoms with Crippen LogP contribution in [0.4, 0.5) is 11.4 Å². The smallest absolute Gasteiger partial charge is 0.269 e. The Balaban J connectivity index is 1.84. The molecular weight excluding hydrogens is 324 g/mol. The number of amides is 1. The van der Waals surface area contributed by atoms with E-state index in [0.29, 0.717) is 24.1 Å². The minimum Gasteiger partial charge on any atom is -0.375 e. The Morgan fingerprint density at radius 1 is 1.20 bits per heavy atom. The number of carbonyl (C=O) groups excluding carboxylic acids is 2. The van der Waals surface area contributed by atoms with E-state index in [2.05, 4.69) is 5.32 Å². The molecule has 2 aromatic rings. The zero-order chi connectivity index (χ0) is 17.8. The van der Waals surface area contributed by atoms with Gasteiger partial charge >= 0.3 is 0 Å². The van der Waals surface area contributed by atoms with Crippen LogP contribution in [0.5, 0.6) is 0 Å². The van der Waals surface area contributed by atoms with Gasteiger partial charge in [-0.05, 0) is 24.5 Å². The summed E-state index contributed by atoms with van der Waals surface area (Å²) in [6.07, 6.45) is 0.842. The predicted octanol–water partition coefficient (Wildman–Crippen LogP) is 2.18. The van der Waals surface area contributed by atoms with E-state index in [-0.39, 0.29) is 17.0 Å². The Morgan fingerprint density at radius 2 is 1.96 bits per heavy atom. The average Bonchev–Trinajstić information content (AvgIpc) is 2.86. The zero-order valence-corrected chi connectivity index (χ0v) is 13.1. The molecule has 0 fully saturated rings. The molecule has 25 heavy (non-hydrogen) atoms. The van der Waals surface area contributed by atoms with Gasteiger partial charge < -0.3 is 10.4 Å². The highest BCUT2D eigenvalue weighted by molar-refractivity contribution is 6.11. The third-order valence-corrected chi connectivity index (χ3v) is 5.02. The van der Waals surface area contributed by atoms with Crippen molar-refractivity contribution in [1.29, 1.82) is 0 Å². The van der Waals surface area contributed by atoms with Crippen molar-refractivity contribution >= 4 is 23.1 Å². The molecule has 2 N–H and O–H groups in total. The number of nitro benzene ring substituents is 1. The Labute approximate surface area is 142 Å². The Kier molecular flexibility index (Phi) is 3.23. The molecular formula is C18H14N2O5. The van der Waals surface area contributed by atoms with E-state index < -0.39 is 22.3 Å². The number of hydrogen-bond donors (Lipinski definition) is 2. The van der Waals surface area contributed by atoms with Gasteiger partial charge in [0.1, 0.15) is 0 Å². The van der Waals surface area contributed by atoms with E-state index in [1.807, 2.05) is 12.1 Å². The minimum absolute atomic E-state index is 0.0874. The van der Waals surface area contributed by atoms with Crippen LogP contribution in [0.1, 0.15) is 27.9 Å². The van der Waals surface area contributed by atoms with E-state index in [1.165, 1.54) is 18.2 Å². The van der Waals surface area contributed by atoms with Crippen molar-refractivity contribution < 1.29 is 19.6 Å². The second-order valence-electron chi connectivity index (χ2n) is 6.32. The fourth-order valence-corrected chi connectivity index (χ4v) is 3.75. The quantitative estimate of drug-likeness (QED) is 0.644. The van der Waals surface area contributed by atoms with Crippen LogP contribution in [0.25, 0.3) is 0 Å². The molecule has 0 unspecified atom stereocenters. The first-order valence-corrected chi connectivity index (χ1v) is 7.88. The lowest BCUT2D eigenvalue weighted by molar-refractivity contribution is -0.385. The summed E-state index contributed by atoms with van der Waals surface area (Å²) in [6, 6.07) is 10.9. The molecule has 1 amide bonds. The third-order valence-electron chi connectivity index (χ3n) is 5.02. The average molecular weight is 338 g/mol. The van der Waals surface area contributed by atoms with Gasteiger partial charge in [0.25, 0.3) is 11.6 Å². The van der Waals surface area contributed by atoms with E-state index in [1.54, 1.807) is 12.1 Å². The van der Waals surface area contributed by atoms with Gasteiger partial charge in [-0.3, -0.25) is 19.7 Å². The van der Waals surface area contributed by atoms with Crippen molar-refractivity contribution in [2.24, 2.45) is 5.92 Å². The second kappa shape index (κ2) is 5.22. The SMILES string of the molecule is O=C1c2ccccc2CC[C@@H]1[C@]1(O)C(=O)Nc2ccc([N+](=O)[O-])cc21. The number of benzene rings is 2. The number of nitrogens with one attached hydrogen (secondary N) is 1. The highest BCUT2D eigenvalue weighted by Gasteiger charge is 2.55. The van der Waals surface area contributed by atoms with Crippen LogP contribution in [-0.2, 0) is 16.8 Å². The highest BCUT2D eigenvalue weighted by atomic mass is 16.6. The number of nitrogens with zero attached hydrogens (tertiary/aromatic N) is 1. The van der Waals surface area contributed by atoms with E-state index in [9.17, 15) is 24.8 Å². The number of aryl methyl sites for hydroxylation is 1. The first-order valence-electron chi connectivity index (χ1n) is 7.88. The maximum absolute atomic E-state index is 12.9. The monoisotopic (exact) mass is 338 g/mol. The molecule has 7 nitrogen and oxygen atoms in total. The molecule has 0 saturated carbocycles. The molecule has 2 atom stereocenters. The molecule has 0 spiro atoms. The molecule has 0 saturated heterocycles. The van der Waals surface area contributed by atoms with Gasteiger partial charge in [0.2, 0.25) is 0 Å². The third kappa shape index (κ3) is 2.09. The molecule has 7 heteroatoms. The topological polar surface area (TPSA) is 110 Å². The van der Waals surface area contributed by atoms with Crippen LogP contribution in [-0.4, -0.2) is 21.7 Å². The van der Waals surface area contributed by atoms with Crippen molar-refractivity contribution in [1.82, 2.24) is 0 Å². The molecule has 4 rings (SSSR count). The number of hydrogen-bond acceptors (Lipinski definition) is 5. The van der Waals surface area contributed by atoms with Gasteiger partial charge in [-0.1, -0.05) is 24.3 Å². The van der Waals surface area contributed by atoms with Crippen molar-refractivity contribution in [3.05, 3.63) is 69.3 Å². The molecule has 1 aliphatic carbocycles. The van der Waals surface area contributed by atoms with E-state index in [0.717, 1.165) is 5.56 Å². The predicted molar refractivity (Wildman–Crippen MR) is 88.2 cm³/mol. The molecule has 1 heterocycles. The number of carbonyl (C=O) groups is 2. The molecule has 0 radical (unpaired) electrons. The lowest BCUT2D eigenvalue weighted by atomic mass is 9.71. The summed E-state index contributed by atoms with van der Waals surface area (Å²) < 4.78 is 0. The number of rotatable bonds is 2. The number of fused-ring (bicyclic) bond motifs is 2. The summed E-state index contributed by atoms with van der Waals surface area (Å²) in [5.41, 5.74) is -0.596. The maximum atomic E-state index is 12.9. The van der Waals surface area contributed by atoms with Crippen molar-refractivity contribution in [2.45, 2.75) is 18.4 Å². The minimum atomic E-state index is -2.11. The van der Waals surface area contributed by atoms with Crippen LogP contribution < -0.4 is 5.32 Å². The lowest BCUT2D eigenvalue weighted by Gasteiger charge is -2.33. The van der Waals surface area contributed by atoms with E-state index >= 15 is 0 Å². The van der Waals surface area contributed by atoms with Crippen molar-refractivity contribution in [3.63, 3.8) is 0 Å². The number of anilines is 1. The highest BCUT2D eigenvalue weighted by Crippen LogP contribution is 2.46. The second-order valence-corrected chi connectivity index (χ2v) is 6.32. The summed E-state index contributed by atoms with van der Waals surface area (Å²) in [6.45, 7) is 0. The number of ketones is 1. The lowest BCUT2D eigenvalue weighted by Crippen LogP contribution is -2.47. The van der Waals surface area contributed by atoms with Gasteiger partial charge in [-0.25, -0.2) is 0 Å². The summed E-state index contributed by atoms with van der Waals surface area (Å²) in [7, 11) is 0. The summed E-state index contributed by atoms with van der Waals surface area (Å²) in [5.74, 6) is -2.02. The maximum Gasteiger partial charge on any atom is 0.269 e. The Morgan fingerprint density at radius 3 is 2.72 bits per heavy atom. The standard InChI is InChI=1S/C18H14N2O5/c21-16-12-4-2-1-3-10(12)5-7-13(16)18(23)14-9-11(20(24)25)6-8-15(14)19-17(18)22/h1-4,6,8-9,13,23H,5,7H2,(H,19,22)/t13-,18+/m0/s1. The van der Waals surface area contributed by atoms with Crippen molar-refractivity contribution in [2.75, 3.05) is 5.32 Å². The molecule has 2 aliphatic rings. The van der Waals surface area contributed by atoms with Crippen LogP contribution in [0, 0.1) is 16.0 Å².